The first kappa shape index (κ1) is 31.3. The van der Waals surface area contributed by atoms with Gasteiger partial charge in [0, 0.05) is 60.0 Å². The number of ether oxygens (including phenoxy) is 2. The van der Waals surface area contributed by atoms with Gasteiger partial charge in [0.05, 0.1) is 12.0 Å². The molecule has 4 rings (SSSR count). The van der Waals surface area contributed by atoms with E-state index in [0.29, 0.717) is 19.4 Å². The van der Waals surface area contributed by atoms with E-state index in [1.165, 1.54) is 6.92 Å². The summed E-state index contributed by atoms with van der Waals surface area (Å²) in [6, 6.07) is 0. The molecule has 0 aliphatic heterocycles. The number of esters is 2. The van der Waals surface area contributed by atoms with Crippen LogP contribution in [0.2, 0.25) is 0 Å². The maximum absolute atomic E-state index is 14.6. The molecule has 2 saturated carbocycles. The van der Waals surface area contributed by atoms with E-state index in [1.54, 1.807) is 6.92 Å². The number of hydrogen-bond donors (Lipinski definition) is 0. The van der Waals surface area contributed by atoms with Gasteiger partial charge in [-0.05, 0) is 43.9 Å². The first-order valence-electron chi connectivity index (χ1n) is 15.2. The molecule has 2 fully saturated rings. The molecule has 0 spiro atoms. The molecule has 0 N–H and O–H groups in total. The first-order chi connectivity index (χ1) is 19.0. The number of rotatable bonds is 8. The fraction of sp³-hybridized carbons (Fsp3) is 0.758. The summed E-state index contributed by atoms with van der Waals surface area (Å²) in [5, 5.41) is 0. The average molecular weight is 571 g/mol. The van der Waals surface area contributed by atoms with Crippen molar-refractivity contribution in [1.29, 1.82) is 0 Å². The fourth-order valence-corrected chi connectivity index (χ4v) is 8.93. The van der Waals surface area contributed by atoms with E-state index in [-0.39, 0.29) is 66.1 Å². The van der Waals surface area contributed by atoms with Gasteiger partial charge in [-0.3, -0.25) is 28.8 Å². The summed E-state index contributed by atoms with van der Waals surface area (Å²) in [5.41, 5.74) is -3.62. The Morgan fingerprint density at radius 3 is 2.24 bits per heavy atom. The van der Waals surface area contributed by atoms with Crippen molar-refractivity contribution >= 4 is 35.1 Å². The normalized spacial score (nSPS) is 36.8. The molecule has 0 amide bonds. The summed E-state index contributed by atoms with van der Waals surface area (Å²) in [4.78, 5) is 80.7. The molecule has 0 saturated heterocycles. The van der Waals surface area contributed by atoms with E-state index in [9.17, 15) is 28.8 Å². The van der Waals surface area contributed by atoms with E-state index in [2.05, 4.69) is 0 Å². The molecule has 0 heterocycles. The van der Waals surface area contributed by atoms with Crippen LogP contribution in [-0.2, 0) is 38.2 Å². The van der Waals surface area contributed by atoms with Crippen molar-refractivity contribution < 1.29 is 38.2 Å². The Labute approximate surface area is 243 Å². The quantitative estimate of drug-likeness (QED) is 0.290. The van der Waals surface area contributed by atoms with Crippen LogP contribution in [0, 0.1) is 39.4 Å². The van der Waals surface area contributed by atoms with Gasteiger partial charge in [0.25, 0.3) is 0 Å². The number of carbonyl (C=O) groups excluding carboxylic acids is 6. The lowest BCUT2D eigenvalue weighted by Crippen LogP contribution is -2.64. The molecule has 4 aliphatic carbocycles. The SMILES string of the molecule is CCCCOC(=O)CC[C@@H](C)[C@H]1CC(=O)[C@@]2(C)C3=C(C(=O)[C@@H](OC(C)=O)[C@]12C)[C@@]1(C)CCC(=O)C(C)(C)[C@H]1CC3=O. The van der Waals surface area contributed by atoms with E-state index < -0.39 is 51.4 Å². The van der Waals surface area contributed by atoms with E-state index in [4.69, 9.17) is 9.47 Å². The lowest BCUT2D eigenvalue weighted by Gasteiger charge is -2.59. The van der Waals surface area contributed by atoms with Gasteiger partial charge in [0.15, 0.2) is 11.9 Å². The van der Waals surface area contributed by atoms with Crippen molar-refractivity contribution in [2.45, 2.75) is 113 Å². The largest absolute Gasteiger partial charge is 0.466 e. The molecule has 8 nitrogen and oxygen atoms in total. The Balaban J connectivity index is 1.82. The summed E-state index contributed by atoms with van der Waals surface area (Å²) in [7, 11) is 0. The minimum absolute atomic E-state index is 0.0618. The molecule has 41 heavy (non-hydrogen) atoms. The molecule has 0 unspecified atom stereocenters. The van der Waals surface area contributed by atoms with Crippen molar-refractivity contribution in [3.05, 3.63) is 11.1 Å². The summed E-state index contributed by atoms with van der Waals surface area (Å²) in [6.07, 6.45) is 1.91. The molecular weight excluding hydrogens is 524 g/mol. The van der Waals surface area contributed by atoms with Gasteiger partial charge in [-0.1, -0.05) is 48.0 Å². The lowest BCUT2D eigenvalue weighted by atomic mass is 9.42. The molecule has 7 atom stereocenters. The number of hydrogen-bond acceptors (Lipinski definition) is 8. The van der Waals surface area contributed by atoms with E-state index in [1.807, 2.05) is 41.5 Å². The van der Waals surface area contributed by atoms with Crippen LogP contribution in [0.5, 0.6) is 0 Å². The van der Waals surface area contributed by atoms with Crippen LogP contribution in [0.15, 0.2) is 11.1 Å². The maximum Gasteiger partial charge on any atom is 0.305 e. The van der Waals surface area contributed by atoms with E-state index in [0.717, 1.165) is 12.8 Å². The Hall–Kier alpha value is -2.64. The molecular formula is C33H46O8. The minimum Gasteiger partial charge on any atom is -0.466 e. The second-order valence-corrected chi connectivity index (χ2v) is 14.1. The van der Waals surface area contributed by atoms with E-state index >= 15 is 0 Å². The molecule has 226 valence electrons. The number of unbranched alkanes of at least 4 members (excludes halogenated alkanes) is 1. The zero-order valence-corrected chi connectivity index (χ0v) is 25.9. The Bertz CT molecular complexity index is 1230. The maximum atomic E-state index is 14.6. The third-order valence-corrected chi connectivity index (χ3v) is 11.6. The highest BCUT2D eigenvalue weighted by molar-refractivity contribution is 6.18. The predicted molar refractivity (Wildman–Crippen MR) is 150 cm³/mol. The van der Waals surface area contributed by atoms with Crippen molar-refractivity contribution in [3.8, 4) is 0 Å². The van der Waals surface area contributed by atoms with Gasteiger partial charge in [-0.15, -0.1) is 0 Å². The fourth-order valence-electron chi connectivity index (χ4n) is 8.93. The number of Topliss-reactive ketones (excluding diaryl/α,β-unsaturated/α-hetero) is 4. The van der Waals surface area contributed by atoms with Gasteiger partial charge in [-0.2, -0.15) is 0 Å². The van der Waals surface area contributed by atoms with Crippen molar-refractivity contribution in [2.24, 2.45) is 39.4 Å². The smallest absolute Gasteiger partial charge is 0.305 e. The number of fused-ring (bicyclic) bond motifs is 4. The molecule has 8 heteroatoms. The molecule has 0 bridgehead atoms. The molecule has 4 aliphatic rings. The second kappa shape index (κ2) is 10.6. The Morgan fingerprint density at radius 2 is 1.63 bits per heavy atom. The molecule has 0 aromatic heterocycles. The highest BCUT2D eigenvalue weighted by atomic mass is 16.5. The van der Waals surface area contributed by atoms with Crippen LogP contribution in [0.1, 0.15) is 107 Å². The van der Waals surface area contributed by atoms with Crippen LogP contribution in [0.3, 0.4) is 0 Å². The van der Waals surface area contributed by atoms with Gasteiger partial charge < -0.3 is 9.47 Å². The number of carbonyl (C=O) groups is 6. The highest BCUT2D eigenvalue weighted by Crippen LogP contribution is 2.70. The van der Waals surface area contributed by atoms with Gasteiger partial charge in [0.2, 0.25) is 5.78 Å². The molecule has 0 aromatic rings. The third kappa shape index (κ3) is 4.46. The summed E-state index contributed by atoms with van der Waals surface area (Å²) >= 11 is 0. The standard InChI is InChI=1S/C33H46O8/c1-9-10-15-40-25(38)12-11-18(2)20-16-24(37)33(8)26-21(35)17-22-30(4,5)23(36)13-14-31(22,6)27(26)28(39)29(32(20,33)7)41-19(3)34/h18,20,22,29H,9-17H2,1-8H3/t18-,20-,22-,29-,31+,32+,33+/m1/s1. The monoisotopic (exact) mass is 570 g/mol. The van der Waals surface area contributed by atoms with Gasteiger partial charge in [0.1, 0.15) is 11.6 Å². The van der Waals surface area contributed by atoms with Crippen molar-refractivity contribution in [1.82, 2.24) is 0 Å². The van der Waals surface area contributed by atoms with Crippen molar-refractivity contribution in [2.75, 3.05) is 6.61 Å². The van der Waals surface area contributed by atoms with Gasteiger partial charge >= 0.3 is 11.9 Å². The zero-order valence-electron chi connectivity index (χ0n) is 25.9. The highest BCUT2D eigenvalue weighted by Gasteiger charge is 2.74. The summed E-state index contributed by atoms with van der Waals surface area (Å²) < 4.78 is 11.2. The number of ketones is 4. The summed E-state index contributed by atoms with van der Waals surface area (Å²) in [5.74, 6) is -2.72. The third-order valence-electron chi connectivity index (χ3n) is 11.6. The van der Waals surface area contributed by atoms with Gasteiger partial charge in [-0.25, -0.2) is 0 Å². The molecule has 0 radical (unpaired) electrons. The Morgan fingerprint density at radius 1 is 0.976 bits per heavy atom. The van der Waals surface area contributed by atoms with Crippen LogP contribution >= 0.6 is 0 Å². The van der Waals surface area contributed by atoms with Crippen LogP contribution in [0.4, 0.5) is 0 Å². The first-order valence-corrected chi connectivity index (χ1v) is 15.2. The number of allylic oxidation sites excluding steroid dienone is 1. The predicted octanol–water partition coefficient (Wildman–Crippen LogP) is 5.14. The average Bonchev–Trinajstić information content (AvgIpc) is 3.10. The molecule has 0 aromatic carbocycles. The second-order valence-electron chi connectivity index (χ2n) is 14.1. The Kier molecular flexibility index (Phi) is 8.07. The summed E-state index contributed by atoms with van der Waals surface area (Å²) in [6.45, 7) is 14.8. The van der Waals surface area contributed by atoms with Crippen LogP contribution in [-0.4, -0.2) is 47.8 Å². The van der Waals surface area contributed by atoms with Crippen molar-refractivity contribution in [3.63, 3.8) is 0 Å². The van der Waals surface area contributed by atoms with Crippen LogP contribution in [0.25, 0.3) is 0 Å². The topological polar surface area (TPSA) is 121 Å². The van der Waals surface area contributed by atoms with Crippen LogP contribution < -0.4 is 0 Å². The zero-order chi connectivity index (χ0) is 30.7. The lowest BCUT2D eigenvalue weighted by molar-refractivity contribution is -0.175. The minimum atomic E-state index is -1.35.